The molecule has 0 amide bonds. The fraction of sp³-hybridized carbons (Fsp3) is 0.458. The van der Waals surface area contributed by atoms with E-state index < -0.39 is 0 Å². The standard InChI is InChI=1S/C24H29N3O/c1-18(27-16-21-4-2-3-5-22(21)17-27)20-8-9-24(25-14-20)28-23-10-12-26(13-11-23)15-19-6-7-19/h2-5,8-9,14,19,23H,1,6-7,10-13,15-17H2. The Morgan fingerprint density at radius 3 is 2.32 bits per heavy atom. The number of fused-ring (bicyclic) bond motifs is 1. The summed E-state index contributed by atoms with van der Waals surface area (Å²) >= 11 is 0. The van der Waals surface area contributed by atoms with E-state index in [1.165, 1.54) is 30.5 Å². The van der Waals surface area contributed by atoms with Crippen LogP contribution in [-0.4, -0.2) is 40.5 Å². The topological polar surface area (TPSA) is 28.6 Å². The molecule has 5 rings (SSSR count). The number of nitrogens with zero attached hydrogens (tertiary/aromatic N) is 3. The summed E-state index contributed by atoms with van der Waals surface area (Å²) in [7, 11) is 0. The highest BCUT2D eigenvalue weighted by atomic mass is 16.5. The maximum atomic E-state index is 6.15. The molecule has 1 saturated heterocycles. The molecular formula is C24H29N3O. The van der Waals surface area contributed by atoms with Gasteiger partial charge in [0.25, 0.3) is 0 Å². The van der Waals surface area contributed by atoms with E-state index in [1.54, 1.807) is 0 Å². The molecule has 2 aliphatic heterocycles. The summed E-state index contributed by atoms with van der Waals surface area (Å²) in [5.74, 6) is 1.71. The van der Waals surface area contributed by atoms with Gasteiger partial charge in [0.1, 0.15) is 6.10 Å². The molecule has 3 aliphatic rings. The molecule has 2 fully saturated rings. The normalized spacial score (nSPS) is 20.2. The van der Waals surface area contributed by atoms with Gasteiger partial charge in [-0.3, -0.25) is 0 Å². The molecule has 2 aromatic rings. The van der Waals surface area contributed by atoms with Crippen molar-refractivity contribution < 1.29 is 4.74 Å². The van der Waals surface area contributed by atoms with E-state index in [9.17, 15) is 0 Å². The van der Waals surface area contributed by atoms with Crippen molar-refractivity contribution in [2.24, 2.45) is 5.92 Å². The first kappa shape index (κ1) is 17.7. The van der Waals surface area contributed by atoms with E-state index in [2.05, 4.69) is 51.7 Å². The molecule has 1 aliphatic carbocycles. The van der Waals surface area contributed by atoms with Crippen LogP contribution in [0.1, 0.15) is 42.4 Å². The van der Waals surface area contributed by atoms with Crippen LogP contribution in [0.4, 0.5) is 0 Å². The van der Waals surface area contributed by atoms with Gasteiger partial charge in [-0.1, -0.05) is 30.8 Å². The van der Waals surface area contributed by atoms with Crippen LogP contribution in [0.2, 0.25) is 0 Å². The third kappa shape index (κ3) is 3.93. The van der Waals surface area contributed by atoms with Gasteiger partial charge in [0.15, 0.2) is 0 Å². The van der Waals surface area contributed by atoms with Crippen LogP contribution in [0.5, 0.6) is 5.88 Å². The van der Waals surface area contributed by atoms with Crippen molar-refractivity contribution in [2.75, 3.05) is 19.6 Å². The summed E-state index contributed by atoms with van der Waals surface area (Å²) in [5.41, 5.74) is 4.89. The summed E-state index contributed by atoms with van der Waals surface area (Å²) in [6.45, 7) is 9.77. The smallest absolute Gasteiger partial charge is 0.213 e. The fourth-order valence-corrected chi connectivity index (χ4v) is 4.37. The molecule has 4 nitrogen and oxygen atoms in total. The lowest BCUT2D eigenvalue weighted by Crippen LogP contribution is -2.39. The third-order valence-corrected chi connectivity index (χ3v) is 6.33. The summed E-state index contributed by atoms with van der Waals surface area (Å²) in [5, 5.41) is 0. The van der Waals surface area contributed by atoms with Crippen LogP contribution in [0, 0.1) is 5.92 Å². The summed E-state index contributed by atoms with van der Waals surface area (Å²) < 4.78 is 6.15. The van der Waals surface area contributed by atoms with Gasteiger partial charge >= 0.3 is 0 Å². The van der Waals surface area contributed by atoms with Gasteiger partial charge in [0, 0.05) is 56.2 Å². The fourth-order valence-electron chi connectivity index (χ4n) is 4.37. The second kappa shape index (κ2) is 7.59. The number of piperidine rings is 1. The average molecular weight is 376 g/mol. The highest BCUT2D eigenvalue weighted by Gasteiger charge is 2.27. The maximum Gasteiger partial charge on any atom is 0.213 e. The van der Waals surface area contributed by atoms with Crippen LogP contribution in [-0.2, 0) is 13.1 Å². The summed E-state index contributed by atoms with van der Waals surface area (Å²) in [6, 6.07) is 12.7. The largest absolute Gasteiger partial charge is 0.474 e. The van der Waals surface area contributed by atoms with Gasteiger partial charge in [0.05, 0.1) is 0 Å². The first-order valence-electron chi connectivity index (χ1n) is 10.6. The molecule has 0 atom stereocenters. The number of pyridine rings is 1. The Hall–Kier alpha value is -2.33. The van der Waals surface area contributed by atoms with Gasteiger partial charge in [-0.05, 0) is 48.8 Å². The Kier molecular flexibility index (Phi) is 4.81. The lowest BCUT2D eigenvalue weighted by Gasteiger charge is -2.31. The second-order valence-corrected chi connectivity index (χ2v) is 8.52. The summed E-state index contributed by atoms with van der Waals surface area (Å²) in [4.78, 5) is 9.49. The van der Waals surface area contributed by atoms with Crippen molar-refractivity contribution in [3.05, 3.63) is 65.9 Å². The van der Waals surface area contributed by atoms with Gasteiger partial charge in [-0.25, -0.2) is 4.98 Å². The Morgan fingerprint density at radius 1 is 1.00 bits per heavy atom. The molecule has 0 spiro atoms. The maximum absolute atomic E-state index is 6.15. The lowest BCUT2D eigenvalue weighted by atomic mass is 10.1. The van der Waals surface area contributed by atoms with Gasteiger partial charge < -0.3 is 14.5 Å². The molecule has 28 heavy (non-hydrogen) atoms. The molecule has 0 radical (unpaired) electrons. The first-order valence-corrected chi connectivity index (χ1v) is 10.6. The quantitative estimate of drug-likeness (QED) is 0.752. The Morgan fingerprint density at radius 2 is 1.71 bits per heavy atom. The molecule has 4 heteroatoms. The molecule has 146 valence electrons. The van der Waals surface area contributed by atoms with Crippen molar-refractivity contribution in [3.63, 3.8) is 0 Å². The number of hydrogen-bond acceptors (Lipinski definition) is 4. The summed E-state index contributed by atoms with van der Waals surface area (Å²) in [6.07, 6.45) is 7.28. The van der Waals surface area contributed by atoms with E-state index in [1.807, 2.05) is 12.3 Å². The number of aromatic nitrogens is 1. The zero-order valence-electron chi connectivity index (χ0n) is 16.5. The zero-order chi connectivity index (χ0) is 18.9. The van der Waals surface area contributed by atoms with Crippen molar-refractivity contribution in [1.29, 1.82) is 0 Å². The first-order chi connectivity index (χ1) is 13.7. The van der Waals surface area contributed by atoms with Crippen molar-refractivity contribution in [2.45, 2.75) is 44.9 Å². The van der Waals surface area contributed by atoms with Crippen molar-refractivity contribution in [3.8, 4) is 5.88 Å². The third-order valence-electron chi connectivity index (χ3n) is 6.33. The van der Waals surface area contributed by atoms with Crippen LogP contribution in [0.15, 0.2) is 49.2 Å². The number of likely N-dealkylation sites (tertiary alicyclic amines) is 1. The molecule has 0 unspecified atom stereocenters. The number of ether oxygens (including phenoxy) is 1. The number of hydrogen-bond donors (Lipinski definition) is 0. The van der Waals surface area contributed by atoms with Crippen LogP contribution < -0.4 is 4.74 Å². The molecule has 0 bridgehead atoms. The van der Waals surface area contributed by atoms with Crippen molar-refractivity contribution >= 4 is 5.70 Å². The Balaban J connectivity index is 1.14. The SMILES string of the molecule is C=C(c1ccc(OC2CCN(CC3CC3)CC2)nc1)N1Cc2ccccc2C1. The number of rotatable bonds is 6. The van der Waals surface area contributed by atoms with E-state index in [0.717, 1.165) is 62.1 Å². The molecule has 1 saturated carbocycles. The molecule has 1 aromatic heterocycles. The van der Waals surface area contributed by atoms with E-state index in [-0.39, 0.29) is 0 Å². The zero-order valence-corrected chi connectivity index (χ0v) is 16.5. The Labute approximate surface area is 167 Å². The predicted molar refractivity (Wildman–Crippen MR) is 112 cm³/mol. The van der Waals surface area contributed by atoms with Gasteiger partial charge in [0.2, 0.25) is 5.88 Å². The molecule has 0 N–H and O–H groups in total. The molecular weight excluding hydrogens is 346 g/mol. The highest BCUT2D eigenvalue weighted by molar-refractivity contribution is 5.62. The van der Waals surface area contributed by atoms with E-state index in [0.29, 0.717) is 6.10 Å². The van der Waals surface area contributed by atoms with Gasteiger partial charge in [-0.2, -0.15) is 0 Å². The average Bonchev–Trinajstić information content (AvgIpc) is 3.44. The minimum absolute atomic E-state index is 0.296. The van der Waals surface area contributed by atoms with E-state index >= 15 is 0 Å². The second-order valence-electron chi connectivity index (χ2n) is 8.52. The minimum atomic E-state index is 0.296. The minimum Gasteiger partial charge on any atom is -0.474 e. The molecule has 3 heterocycles. The van der Waals surface area contributed by atoms with Crippen LogP contribution in [0.3, 0.4) is 0 Å². The molecule has 1 aromatic carbocycles. The predicted octanol–water partition coefficient (Wildman–Crippen LogP) is 4.32. The van der Waals surface area contributed by atoms with Crippen molar-refractivity contribution in [1.82, 2.24) is 14.8 Å². The number of benzene rings is 1. The van der Waals surface area contributed by atoms with Gasteiger partial charge in [-0.15, -0.1) is 0 Å². The highest BCUT2D eigenvalue weighted by Crippen LogP contribution is 2.31. The van der Waals surface area contributed by atoms with Crippen LogP contribution in [0.25, 0.3) is 5.70 Å². The lowest BCUT2D eigenvalue weighted by molar-refractivity contribution is 0.0944. The van der Waals surface area contributed by atoms with Crippen LogP contribution >= 0.6 is 0 Å². The monoisotopic (exact) mass is 375 g/mol. The Bertz CT molecular complexity index is 810. The van der Waals surface area contributed by atoms with E-state index in [4.69, 9.17) is 4.74 Å².